The van der Waals surface area contributed by atoms with Crippen molar-refractivity contribution in [1.82, 2.24) is 4.90 Å². The second-order valence-corrected chi connectivity index (χ2v) is 15.8. The van der Waals surface area contributed by atoms with E-state index < -0.39 is 52.9 Å². The molecular weight excluding hydrogens is 630 g/mol. The van der Waals surface area contributed by atoms with Gasteiger partial charge in [0.1, 0.15) is 27.5 Å². The number of carbonyl (C=O) groups excluding carboxylic acids is 3. The summed E-state index contributed by atoms with van der Waals surface area (Å²) in [6.45, 7) is 7.67. The maximum atomic E-state index is 15.1. The Hall–Kier alpha value is -3.32. The standard InChI is InChI=1S/C30H38FN2O10PS/c1-18-12-19(2)28(43-44(37,38)39)25(13-18)30(4,5)15-27(35)32(20(3)34)16-23-17-33(29(36)42-23)22-6-7-24(26(31)14-22)21-8-10-45(40,41)11-9-21/h6-7,12-14,21,23H,8-11,15-17H2,1-5H3,(H2,37,38,39)/t23-/m0/s1. The lowest BCUT2D eigenvalue weighted by Crippen LogP contribution is -2.44. The van der Waals surface area contributed by atoms with E-state index in [-0.39, 0.29) is 48.4 Å². The predicted molar refractivity (Wildman–Crippen MR) is 163 cm³/mol. The van der Waals surface area contributed by atoms with Gasteiger partial charge < -0.3 is 9.26 Å². The largest absolute Gasteiger partial charge is 0.524 e. The maximum Gasteiger partial charge on any atom is 0.524 e. The highest BCUT2D eigenvalue weighted by atomic mass is 32.2. The van der Waals surface area contributed by atoms with Crippen molar-refractivity contribution in [2.45, 2.75) is 71.3 Å². The molecule has 2 saturated heterocycles. The molecule has 2 N–H and O–H groups in total. The van der Waals surface area contributed by atoms with E-state index in [9.17, 15) is 37.2 Å². The van der Waals surface area contributed by atoms with E-state index in [1.165, 1.54) is 17.9 Å². The number of hydrogen-bond acceptors (Lipinski definition) is 8. The van der Waals surface area contributed by atoms with E-state index in [0.29, 0.717) is 29.5 Å². The fourth-order valence-corrected chi connectivity index (χ4v) is 7.89. The Morgan fingerprint density at radius 2 is 1.80 bits per heavy atom. The van der Waals surface area contributed by atoms with Gasteiger partial charge in [-0.2, -0.15) is 0 Å². The highest BCUT2D eigenvalue weighted by Gasteiger charge is 2.38. The number of carbonyl (C=O) groups is 3. The summed E-state index contributed by atoms with van der Waals surface area (Å²) in [5.74, 6) is -2.07. The molecule has 1 atom stereocenters. The quantitative estimate of drug-likeness (QED) is 0.368. The number of rotatable bonds is 9. The Bertz CT molecular complexity index is 1660. The van der Waals surface area contributed by atoms with Crippen LogP contribution in [-0.4, -0.2) is 71.7 Å². The van der Waals surface area contributed by atoms with Crippen molar-refractivity contribution >= 4 is 41.3 Å². The summed E-state index contributed by atoms with van der Waals surface area (Å²) in [6.07, 6.45) is -1.29. The van der Waals surface area contributed by atoms with E-state index >= 15 is 4.39 Å². The minimum Gasteiger partial charge on any atom is -0.442 e. The van der Waals surface area contributed by atoms with Crippen LogP contribution in [0.1, 0.15) is 68.2 Å². The third kappa shape index (κ3) is 8.29. The minimum atomic E-state index is -4.92. The van der Waals surface area contributed by atoms with Crippen LogP contribution in [0.25, 0.3) is 0 Å². The Kier molecular flexibility index (Phi) is 9.84. The lowest BCUT2D eigenvalue weighted by molar-refractivity contribution is -0.145. The number of halogens is 1. The molecule has 0 saturated carbocycles. The molecule has 0 bridgehead atoms. The smallest absolute Gasteiger partial charge is 0.442 e. The number of aryl methyl sites for hydroxylation is 2. The fourth-order valence-electron chi connectivity index (χ4n) is 5.92. The first-order chi connectivity index (χ1) is 20.8. The molecule has 45 heavy (non-hydrogen) atoms. The molecule has 0 spiro atoms. The van der Waals surface area contributed by atoms with E-state index in [1.54, 1.807) is 52.0 Å². The number of ether oxygens (including phenoxy) is 1. The number of phosphoric acid groups is 1. The predicted octanol–water partition coefficient (Wildman–Crippen LogP) is 4.27. The molecule has 2 heterocycles. The summed E-state index contributed by atoms with van der Waals surface area (Å²) in [6, 6.07) is 7.65. The minimum absolute atomic E-state index is 0.00545. The SMILES string of the molecule is CC(=O)N(C[C@H]1CN(c2ccc(C3CCS(=O)(=O)CC3)c(F)c2)C(=O)O1)C(=O)CC(C)(C)c1cc(C)cc(C)c1OP(=O)(O)O. The molecule has 12 nitrogen and oxygen atoms in total. The van der Waals surface area contributed by atoms with Crippen molar-refractivity contribution < 1.29 is 50.8 Å². The summed E-state index contributed by atoms with van der Waals surface area (Å²) in [5, 5.41) is 0. The molecule has 0 aliphatic carbocycles. The molecule has 0 radical (unpaired) electrons. The van der Waals surface area contributed by atoms with Gasteiger partial charge in [-0.1, -0.05) is 37.6 Å². The molecule has 246 valence electrons. The molecular formula is C30H38FN2O10PS. The number of sulfone groups is 1. The fraction of sp³-hybridized carbons (Fsp3) is 0.500. The van der Waals surface area contributed by atoms with Crippen LogP contribution in [0.15, 0.2) is 30.3 Å². The van der Waals surface area contributed by atoms with Crippen molar-refractivity contribution in [3.8, 4) is 5.75 Å². The third-order valence-electron chi connectivity index (χ3n) is 8.18. The first-order valence-electron chi connectivity index (χ1n) is 14.4. The summed E-state index contributed by atoms with van der Waals surface area (Å²) in [4.78, 5) is 60.0. The Balaban J connectivity index is 1.48. The van der Waals surface area contributed by atoms with Gasteiger partial charge in [0.05, 0.1) is 30.3 Å². The van der Waals surface area contributed by atoms with Gasteiger partial charge in [-0.15, -0.1) is 0 Å². The van der Waals surface area contributed by atoms with Gasteiger partial charge in [-0.3, -0.25) is 29.2 Å². The average Bonchev–Trinajstić information content (AvgIpc) is 3.27. The van der Waals surface area contributed by atoms with Crippen LogP contribution in [0.2, 0.25) is 0 Å². The van der Waals surface area contributed by atoms with Gasteiger partial charge in [0.2, 0.25) is 11.8 Å². The monoisotopic (exact) mass is 668 g/mol. The number of amides is 3. The molecule has 2 fully saturated rings. The van der Waals surface area contributed by atoms with Gasteiger partial charge in [-0.05, 0) is 55.9 Å². The van der Waals surface area contributed by atoms with Gasteiger partial charge >= 0.3 is 13.9 Å². The van der Waals surface area contributed by atoms with Crippen LogP contribution >= 0.6 is 7.82 Å². The summed E-state index contributed by atoms with van der Waals surface area (Å²) in [5.41, 5.74) is 1.18. The molecule has 2 aliphatic rings. The van der Waals surface area contributed by atoms with E-state index in [2.05, 4.69) is 0 Å². The molecule has 2 aromatic rings. The molecule has 4 rings (SSSR count). The molecule has 0 aromatic heterocycles. The second-order valence-electron chi connectivity index (χ2n) is 12.4. The summed E-state index contributed by atoms with van der Waals surface area (Å²) in [7, 11) is -8.03. The lowest BCUT2D eigenvalue weighted by Gasteiger charge is -2.31. The van der Waals surface area contributed by atoms with Crippen LogP contribution in [0.3, 0.4) is 0 Å². The number of benzene rings is 2. The summed E-state index contributed by atoms with van der Waals surface area (Å²) >= 11 is 0. The third-order valence-corrected chi connectivity index (χ3v) is 10.3. The van der Waals surface area contributed by atoms with Crippen molar-refractivity contribution in [2.75, 3.05) is 29.5 Å². The molecule has 15 heteroatoms. The number of imide groups is 1. The molecule has 2 aliphatic heterocycles. The van der Waals surface area contributed by atoms with E-state index in [1.807, 2.05) is 0 Å². The zero-order valence-electron chi connectivity index (χ0n) is 25.8. The summed E-state index contributed by atoms with van der Waals surface area (Å²) < 4.78 is 60.7. The first kappa shape index (κ1) is 34.6. The van der Waals surface area contributed by atoms with Crippen LogP contribution in [0, 0.1) is 19.7 Å². The van der Waals surface area contributed by atoms with Gasteiger partial charge in [0.15, 0.2) is 0 Å². The van der Waals surface area contributed by atoms with Gasteiger partial charge in [0.25, 0.3) is 0 Å². The van der Waals surface area contributed by atoms with Crippen LogP contribution < -0.4 is 9.42 Å². The number of phosphoric ester groups is 1. The molecule has 3 amide bonds. The number of anilines is 1. The lowest BCUT2D eigenvalue weighted by atomic mass is 9.79. The topological polar surface area (TPSA) is 168 Å². The Morgan fingerprint density at radius 1 is 1.16 bits per heavy atom. The van der Waals surface area contributed by atoms with Crippen molar-refractivity contribution in [3.05, 3.63) is 58.4 Å². The van der Waals surface area contributed by atoms with Crippen molar-refractivity contribution in [2.24, 2.45) is 0 Å². The number of cyclic esters (lactones) is 1. The van der Waals surface area contributed by atoms with E-state index in [4.69, 9.17) is 9.26 Å². The number of hydrogen-bond donors (Lipinski definition) is 2. The van der Waals surface area contributed by atoms with Crippen LogP contribution in [0.4, 0.5) is 14.9 Å². The zero-order chi connectivity index (χ0) is 33.5. The average molecular weight is 669 g/mol. The van der Waals surface area contributed by atoms with Crippen LogP contribution in [0.5, 0.6) is 5.75 Å². The highest BCUT2D eigenvalue weighted by molar-refractivity contribution is 7.91. The zero-order valence-corrected chi connectivity index (χ0v) is 27.5. The van der Waals surface area contributed by atoms with Crippen LogP contribution in [-0.2, 0) is 34.1 Å². The highest BCUT2D eigenvalue weighted by Crippen LogP contribution is 2.45. The van der Waals surface area contributed by atoms with Gasteiger partial charge in [0, 0.05) is 24.3 Å². The van der Waals surface area contributed by atoms with Crippen molar-refractivity contribution in [1.29, 1.82) is 0 Å². The second kappa shape index (κ2) is 12.8. The Morgan fingerprint density at radius 3 is 2.38 bits per heavy atom. The maximum absolute atomic E-state index is 15.1. The van der Waals surface area contributed by atoms with Crippen molar-refractivity contribution in [3.63, 3.8) is 0 Å². The molecule has 2 aromatic carbocycles. The Labute approximate surface area is 261 Å². The normalized spacial score (nSPS) is 18.9. The van der Waals surface area contributed by atoms with Gasteiger partial charge in [-0.25, -0.2) is 22.2 Å². The first-order valence-corrected chi connectivity index (χ1v) is 17.8. The molecule has 0 unspecified atom stereocenters. The number of nitrogens with zero attached hydrogens (tertiary/aromatic N) is 2. The van der Waals surface area contributed by atoms with E-state index in [0.717, 1.165) is 10.5 Å².